The minimum atomic E-state index is -0.638. The van der Waals surface area contributed by atoms with Crippen LogP contribution in [-0.2, 0) is 4.74 Å². The van der Waals surface area contributed by atoms with Crippen LogP contribution in [-0.4, -0.2) is 18.0 Å². The molecule has 0 spiro atoms. The molecule has 1 aliphatic rings. The van der Waals surface area contributed by atoms with Crippen LogP contribution in [0.1, 0.15) is 49.2 Å². The quantitative estimate of drug-likeness (QED) is 0.758. The standard InChI is InChI=1S/C14H19ClO2S/c1-3-17-14(7-4-5-10(2)9-14)13(16)12-11(15)6-8-18-12/h6,8,10H,3-5,7,9H2,1-2H3. The highest BCUT2D eigenvalue weighted by Gasteiger charge is 2.43. The molecule has 0 bridgehead atoms. The monoisotopic (exact) mass is 286 g/mol. The van der Waals surface area contributed by atoms with Crippen LogP contribution >= 0.6 is 22.9 Å². The highest BCUT2D eigenvalue weighted by Crippen LogP contribution is 2.39. The maximum atomic E-state index is 12.7. The van der Waals surface area contributed by atoms with Crippen molar-refractivity contribution in [2.45, 2.75) is 45.1 Å². The molecule has 1 aromatic rings. The highest BCUT2D eigenvalue weighted by molar-refractivity contribution is 7.12. The summed E-state index contributed by atoms with van der Waals surface area (Å²) in [6.07, 6.45) is 3.86. The van der Waals surface area contributed by atoms with Crippen LogP contribution < -0.4 is 0 Å². The van der Waals surface area contributed by atoms with Gasteiger partial charge in [-0.05, 0) is 43.6 Å². The molecule has 0 amide bonds. The molecule has 1 aliphatic carbocycles. The van der Waals surface area contributed by atoms with E-state index in [4.69, 9.17) is 16.3 Å². The fraction of sp³-hybridized carbons (Fsp3) is 0.643. The Labute approximate surface area is 117 Å². The van der Waals surface area contributed by atoms with Gasteiger partial charge in [-0.25, -0.2) is 0 Å². The minimum absolute atomic E-state index is 0.0795. The van der Waals surface area contributed by atoms with Crippen LogP contribution in [0.4, 0.5) is 0 Å². The first-order valence-corrected chi connectivity index (χ1v) is 7.76. The predicted octanol–water partition coefficient (Wildman–Crippen LogP) is 4.57. The number of ketones is 1. The van der Waals surface area contributed by atoms with Gasteiger partial charge < -0.3 is 4.74 Å². The molecular weight excluding hydrogens is 268 g/mol. The highest BCUT2D eigenvalue weighted by atomic mass is 35.5. The van der Waals surface area contributed by atoms with Crippen molar-refractivity contribution in [1.82, 2.24) is 0 Å². The zero-order valence-corrected chi connectivity index (χ0v) is 12.4. The van der Waals surface area contributed by atoms with Gasteiger partial charge in [-0.3, -0.25) is 4.79 Å². The molecule has 2 atom stereocenters. The molecule has 0 radical (unpaired) electrons. The summed E-state index contributed by atoms with van der Waals surface area (Å²) in [5, 5.41) is 2.42. The summed E-state index contributed by atoms with van der Waals surface area (Å²) in [5.41, 5.74) is -0.638. The Morgan fingerprint density at radius 2 is 2.44 bits per heavy atom. The summed E-state index contributed by atoms with van der Waals surface area (Å²) in [6, 6.07) is 1.78. The fourth-order valence-electron chi connectivity index (χ4n) is 2.84. The Kier molecular flexibility index (Phi) is 4.46. The van der Waals surface area contributed by atoms with Crippen molar-refractivity contribution in [3.63, 3.8) is 0 Å². The van der Waals surface area contributed by atoms with E-state index in [0.717, 1.165) is 19.3 Å². The number of hydrogen-bond acceptors (Lipinski definition) is 3. The van der Waals surface area contributed by atoms with Gasteiger partial charge in [-0.2, -0.15) is 0 Å². The van der Waals surface area contributed by atoms with Crippen molar-refractivity contribution >= 4 is 28.7 Å². The average molecular weight is 287 g/mol. The zero-order chi connectivity index (χ0) is 13.2. The van der Waals surface area contributed by atoms with E-state index >= 15 is 0 Å². The third kappa shape index (κ3) is 2.63. The maximum absolute atomic E-state index is 12.7. The SMILES string of the molecule is CCOC1(C(=O)c2sccc2Cl)CCCC(C)C1. The third-order valence-corrected chi connectivity index (χ3v) is 4.95. The molecular formula is C14H19ClO2S. The van der Waals surface area contributed by atoms with Crippen molar-refractivity contribution in [2.24, 2.45) is 5.92 Å². The Bertz CT molecular complexity index is 425. The summed E-state index contributed by atoms with van der Waals surface area (Å²) in [5.74, 6) is 0.615. The second kappa shape index (κ2) is 5.72. The Morgan fingerprint density at radius 3 is 3.00 bits per heavy atom. The average Bonchev–Trinajstić information content (AvgIpc) is 2.75. The van der Waals surface area contributed by atoms with Crippen molar-refractivity contribution in [1.29, 1.82) is 0 Å². The largest absolute Gasteiger partial charge is 0.367 e. The molecule has 2 rings (SSSR count). The van der Waals surface area contributed by atoms with E-state index in [9.17, 15) is 4.79 Å². The molecule has 0 N–H and O–H groups in total. The third-order valence-electron chi connectivity index (χ3n) is 3.61. The molecule has 2 nitrogen and oxygen atoms in total. The van der Waals surface area contributed by atoms with Crippen LogP contribution in [0.3, 0.4) is 0 Å². The molecule has 1 heterocycles. The molecule has 1 saturated carbocycles. The van der Waals surface area contributed by atoms with Crippen LogP contribution in [0.5, 0.6) is 0 Å². The number of ether oxygens (including phenoxy) is 1. The lowest BCUT2D eigenvalue weighted by Gasteiger charge is -2.38. The van der Waals surface area contributed by atoms with Gasteiger partial charge in [0.15, 0.2) is 0 Å². The van der Waals surface area contributed by atoms with E-state index < -0.39 is 5.60 Å². The van der Waals surface area contributed by atoms with Crippen molar-refractivity contribution < 1.29 is 9.53 Å². The molecule has 4 heteroatoms. The van der Waals surface area contributed by atoms with Gasteiger partial charge in [0.2, 0.25) is 5.78 Å². The van der Waals surface area contributed by atoms with Crippen molar-refractivity contribution in [2.75, 3.05) is 6.61 Å². The van der Waals surface area contributed by atoms with Crippen LogP contribution in [0.15, 0.2) is 11.4 Å². The number of carbonyl (C=O) groups excluding carboxylic acids is 1. The van der Waals surface area contributed by atoms with Gasteiger partial charge >= 0.3 is 0 Å². The number of carbonyl (C=O) groups is 1. The fourth-order valence-corrected chi connectivity index (χ4v) is 4.02. The van der Waals surface area contributed by atoms with E-state index in [1.807, 2.05) is 12.3 Å². The number of Topliss-reactive ketones (excluding diaryl/α,β-unsaturated/α-hetero) is 1. The van der Waals surface area contributed by atoms with Gasteiger partial charge in [-0.1, -0.05) is 24.9 Å². The van der Waals surface area contributed by atoms with E-state index in [1.165, 1.54) is 17.8 Å². The Hall–Kier alpha value is -0.380. The second-order valence-electron chi connectivity index (χ2n) is 5.06. The predicted molar refractivity (Wildman–Crippen MR) is 75.6 cm³/mol. The summed E-state index contributed by atoms with van der Waals surface area (Å²) < 4.78 is 5.88. The van der Waals surface area contributed by atoms with Crippen LogP contribution in [0, 0.1) is 5.92 Å². The Morgan fingerprint density at radius 1 is 1.67 bits per heavy atom. The number of halogens is 1. The summed E-state index contributed by atoms with van der Waals surface area (Å²) >= 11 is 7.50. The topological polar surface area (TPSA) is 26.3 Å². The van der Waals surface area contributed by atoms with Crippen molar-refractivity contribution in [3.05, 3.63) is 21.3 Å². The molecule has 1 fully saturated rings. The molecule has 18 heavy (non-hydrogen) atoms. The first-order valence-electron chi connectivity index (χ1n) is 6.51. The first-order chi connectivity index (χ1) is 8.59. The molecule has 2 unspecified atom stereocenters. The second-order valence-corrected chi connectivity index (χ2v) is 6.38. The minimum Gasteiger partial charge on any atom is -0.367 e. The van der Waals surface area contributed by atoms with Crippen LogP contribution in [0.25, 0.3) is 0 Å². The molecule has 1 aromatic heterocycles. The lowest BCUT2D eigenvalue weighted by molar-refractivity contribution is -0.0509. The molecule has 100 valence electrons. The number of thiophene rings is 1. The molecule has 0 saturated heterocycles. The van der Waals surface area contributed by atoms with Crippen molar-refractivity contribution in [3.8, 4) is 0 Å². The summed E-state index contributed by atoms with van der Waals surface area (Å²) in [7, 11) is 0. The summed E-state index contributed by atoms with van der Waals surface area (Å²) in [6.45, 7) is 4.71. The number of rotatable bonds is 4. The summed E-state index contributed by atoms with van der Waals surface area (Å²) in [4.78, 5) is 13.4. The van der Waals surface area contributed by atoms with Crippen LogP contribution in [0.2, 0.25) is 5.02 Å². The van der Waals surface area contributed by atoms with Gasteiger partial charge in [0, 0.05) is 6.61 Å². The smallest absolute Gasteiger partial charge is 0.206 e. The Balaban J connectivity index is 2.29. The maximum Gasteiger partial charge on any atom is 0.206 e. The van der Waals surface area contributed by atoms with E-state index in [2.05, 4.69) is 6.92 Å². The first kappa shape index (κ1) is 14.0. The van der Waals surface area contributed by atoms with E-state index in [-0.39, 0.29) is 5.78 Å². The van der Waals surface area contributed by atoms with E-state index in [1.54, 1.807) is 6.07 Å². The lowest BCUT2D eigenvalue weighted by Crippen LogP contribution is -2.45. The number of hydrogen-bond donors (Lipinski definition) is 0. The van der Waals surface area contributed by atoms with Gasteiger partial charge in [0.05, 0.1) is 9.90 Å². The van der Waals surface area contributed by atoms with Gasteiger partial charge in [-0.15, -0.1) is 11.3 Å². The van der Waals surface area contributed by atoms with E-state index in [0.29, 0.717) is 22.4 Å². The van der Waals surface area contributed by atoms with Gasteiger partial charge in [0.25, 0.3) is 0 Å². The molecule has 0 aromatic carbocycles. The lowest BCUT2D eigenvalue weighted by atomic mass is 9.76. The zero-order valence-electron chi connectivity index (χ0n) is 10.9. The normalized spacial score (nSPS) is 28.3. The molecule has 0 aliphatic heterocycles. The van der Waals surface area contributed by atoms with Gasteiger partial charge in [0.1, 0.15) is 5.60 Å².